The fraction of sp³-hybridized carbons (Fsp3) is 0.200. The van der Waals surface area contributed by atoms with Gasteiger partial charge >= 0.3 is 0 Å². The highest BCUT2D eigenvalue weighted by atomic mass is 127. The number of benzene rings is 2. The van der Waals surface area contributed by atoms with Crippen molar-refractivity contribution in [2.75, 3.05) is 7.05 Å². The van der Waals surface area contributed by atoms with Gasteiger partial charge in [0.15, 0.2) is 0 Å². The lowest BCUT2D eigenvalue weighted by Gasteiger charge is -2.18. The summed E-state index contributed by atoms with van der Waals surface area (Å²) < 4.78 is 14.7. The molecular formula is C15H14ClFIN. The van der Waals surface area contributed by atoms with Gasteiger partial charge in [0.05, 0.1) is 5.02 Å². The molecule has 0 bridgehead atoms. The van der Waals surface area contributed by atoms with Crippen molar-refractivity contribution in [3.63, 3.8) is 0 Å². The number of likely N-dealkylation sites (N-methyl/N-ethyl adjacent to an activating group) is 1. The number of hydrogen-bond donors (Lipinski definition) is 1. The molecule has 0 heterocycles. The average molecular weight is 390 g/mol. The summed E-state index contributed by atoms with van der Waals surface area (Å²) in [4.78, 5) is 0. The molecule has 4 heteroatoms. The van der Waals surface area contributed by atoms with Crippen LogP contribution >= 0.6 is 34.2 Å². The molecule has 0 saturated heterocycles. The lowest BCUT2D eigenvalue weighted by molar-refractivity contribution is 0.582. The zero-order valence-electron chi connectivity index (χ0n) is 10.5. The van der Waals surface area contributed by atoms with Crippen molar-refractivity contribution in [3.8, 4) is 0 Å². The number of rotatable bonds is 4. The first kappa shape index (κ1) is 14.8. The topological polar surface area (TPSA) is 12.0 Å². The van der Waals surface area contributed by atoms with Crippen molar-refractivity contribution in [1.82, 2.24) is 5.32 Å². The third kappa shape index (κ3) is 3.68. The maximum atomic E-state index is 13.5. The van der Waals surface area contributed by atoms with E-state index in [2.05, 4.69) is 40.0 Å². The predicted molar refractivity (Wildman–Crippen MR) is 86.1 cm³/mol. The molecule has 2 aromatic carbocycles. The molecule has 1 unspecified atom stereocenters. The smallest absolute Gasteiger partial charge is 0.142 e. The van der Waals surface area contributed by atoms with Gasteiger partial charge in [-0.1, -0.05) is 35.9 Å². The van der Waals surface area contributed by atoms with Crippen LogP contribution in [0.1, 0.15) is 17.2 Å². The molecule has 100 valence electrons. The highest BCUT2D eigenvalue weighted by Gasteiger charge is 2.13. The van der Waals surface area contributed by atoms with Crippen LogP contribution in [0, 0.1) is 9.39 Å². The Morgan fingerprint density at radius 2 is 2.00 bits per heavy atom. The Morgan fingerprint density at radius 1 is 1.26 bits per heavy atom. The highest BCUT2D eigenvalue weighted by molar-refractivity contribution is 14.1. The van der Waals surface area contributed by atoms with Gasteiger partial charge in [-0.3, -0.25) is 0 Å². The van der Waals surface area contributed by atoms with Gasteiger partial charge < -0.3 is 5.32 Å². The minimum Gasteiger partial charge on any atom is -0.313 e. The Balaban J connectivity index is 2.24. The van der Waals surface area contributed by atoms with E-state index in [1.54, 1.807) is 6.07 Å². The molecular weight excluding hydrogens is 376 g/mol. The monoisotopic (exact) mass is 389 g/mol. The van der Waals surface area contributed by atoms with Gasteiger partial charge in [0.25, 0.3) is 0 Å². The molecule has 1 atom stereocenters. The quantitative estimate of drug-likeness (QED) is 0.754. The van der Waals surface area contributed by atoms with E-state index in [1.807, 2.05) is 25.2 Å². The van der Waals surface area contributed by atoms with Gasteiger partial charge in [0.1, 0.15) is 5.82 Å². The zero-order valence-corrected chi connectivity index (χ0v) is 13.4. The van der Waals surface area contributed by atoms with Crippen molar-refractivity contribution >= 4 is 34.2 Å². The van der Waals surface area contributed by atoms with Crippen LogP contribution in [-0.2, 0) is 6.42 Å². The van der Waals surface area contributed by atoms with Crippen LogP contribution in [0.5, 0.6) is 0 Å². The molecule has 1 N–H and O–H groups in total. The second-order valence-corrected chi connectivity index (χ2v) is 5.88. The molecule has 0 amide bonds. The SMILES string of the molecule is CNC(Cc1ccc(Cl)c(F)c1)c1ccccc1I. The summed E-state index contributed by atoms with van der Waals surface area (Å²) in [7, 11) is 1.92. The van der Waals surface area contributed by atoms with E-state index >= 15 is 0 Å². The number of halogens is 3. The van der Waals surface area contributed by atoms with Crippen LogP contribution in [0.15, 0.2) is 42.5 Å². The first-order valence-electron chi connectivity index (χ1n) is 5.97. The highest BCUT2D eigenvalue weighted by Crippen LogP contribution is 2.24. The summed E-state index contributed by atoms with van der Waals surface area (Å²) in [6.07, 6.45) is 0.727. The summed E-state index contributed by atoms with van der Waals surface area (Å²) in [6, 6.07) is 13.3. The lowest BCUT2D eigenvalue weighted by atomic mass is 9.99. The van der Waals surface area contributed by atoms with Crippen LogP contribution in [0.25, 0.3) is 0 Å². The first-order chi connectivity index (χ1) is 9.11. The van der Waals surface area contributed by atoms with Crippen LogP contribution in [0.4, 0.5) is 4.39 Å². The molecule has 0 saturated carbocycles. The molecule has 2 rings (SSSR count). The van der Waals surface area contributed by atoms with Crippen LogP contribution in [0.3, 0.4) is 0 Å². The largest absolute Gasteiger partial charge is 0.313 e. The molecule has 0 spiro atoms. The second kappa shape index (κ2) is 6.68. The van der Waals surface area contributed by atoms with Gasteiger partial charge in [0.2, 0.25) is 0 Å². The predicted octanol–water partition coefficient (Wildman–Crippen LogP) is 4.59. The molecule has 0 aliphatic rings. The fourth-order valence-electron chi connectivity index (χ4n) is 2.03. The van der Waals surface area contributed by atoms with Crippen LogP contribution in [0.2, 0.25) is 5.02 Å². The van der Waals surface area contributed by atoms with Crippen molar-refractivity contribution < 1.29 is 4.39 Å². The van der Waals surface area contributed by atoms with Crippen molar-refractivity contribution in [3.05, 3.63) is 68.0 Å². The van der Waals surface area contributed by atoms with E-state index in [0.717, 1.165) is 12.0 Å². The second-order valence-electron chi connectivity index (χ2n) is 4.32. The summed E-state index contributed by atoms with van der Waals surface area (Å²) in [6.45, 7) is 0. The van der Waals surface area contributed by atoms with Gasteiger partial charge in [-0.05, 0) is 65.4 Å². The number of nitrogens with one attached hydrogen (secondary N) is 1. The van der Waals surface area contributed by atoms with Gasteiger partial charge in [-0.25, -0.2) is 4.39 Å². The standard InChI is InChI=1S/C15H14ClFIN/c1-19-15(11-4-2-3-5-14(11)18)9-10-6-7-12(16)13(17)8-10/h2-8,15,19H,9H2,1H3. The van der Waals surface area contributed by atoms with Gasteiger partial charge in [0, 0.05) is 9.61 Å². The lowest BCUT2D eigenvalue weighted by Crippen LogP contribution is -2.19. The zero-order chi connectivity index (χ0) is 13.8. The third-order valence-corrected chi connectivity index (χ3v) is 4.34. The van der Waals surface area contributed by atoms with E-state index in [-0.39, 0.29) is 16.9 Å². The van der Waals surface area contributed by atoms with E-state index in [0.29, 0.717) is 0 Å². The Kier molecular flexibility index (Phi) is 5.19. The van der Waals surface area contributed by atoms with Crippen LogP contribution in [-0.4, -0.2) is 7.05 Å². The Labute approximate surface area is 131 Å². The normalized spacial score (nSPS) is 12.4. The van der Waals surface area contributed by atoms with E-state index in [9.17, 15) is 4.39 Å². The fourth-order valence-corrected chi connectivity index (χ4v) is 2.91. The summed E-state index contributed by atoms with van der Waals surface area (Å²) >= 11 is 8.02. The Hall–Kier alpha value is -0.650. The first-order valence-corrected chi connectivity index (χ1v) is 7.43. The Bertz CT molecular complexity index is 574. The molecule has 2 aromatic rings. The van der Waals surface area contributed by atoms with Crippen molar-refractivity contribution in [2.24, 2.45) is 0 Å². The Morgan fingerprint density at radius 3 is 2.63 bits per heavy atom. The maximum Gasteiger partial charge on any atom is 0.142 e. The van der Waals surface area contributed by atoms with Crippen LogP contribution < -0.4 is 5.32 Å². The van der Waals surface area contributed by atoms with E-state index in [4.69, 9.17) is 11.6 Å². The summed E-state index contributed by atoms with van der Waals surface area (Å²) in [5, 5.41) is 3.45. The van der Waals surface area contributed by atoms with E-state index in [1.165, 1.54) is 15.2 Å². The summed E-state index contributed by atoms with van der Waals surface area (Å²) in [5.74, 6) is -0.364. The maximum absolute atomic E-state index is 13.5. The molecule has 0 fully saturated rings. The van der Waals surface area contributed by atoms with Crippen molar-refractivity contribution in [2.45, 2.75) is 12.5 Å². The van der Waals surface area contributed by atoms with Crippen molar-refractivity contribution in [1.29, 1.82) is 0 Å². The van der Waals surface area contributed by atoms with E-state index < -0.39 is 0 Å². The average Bonchev–Trinajstić information content (AvgIpc) is 2.41. The summed E-state index contributed by atoms with van der Waals surface area (Å²) in [5.41, 5.74) is 2.15. The molecule has 1 nitrogen and oxygen atoms in total. The minimum atomic E-state index is -0.364. The van der Waals surface area contributed by atoms with Gasteiger partial charge in [-0.15, -0.1) is 0 Å². The molecule has 0 aliphatic carbocycles. The molecule has 0 aromatic heterocycles. The van der Waals surface area contributed by atoms with Gasteiger partial charge in [-0.2, -0.15) is 0 Å². The third-order valence-electron chi connectivity index (χ3n) is 3.05. The molecule has 0 radical (unpaired) electrons. The molecule has 0 aliphatic heterocycles. The molecule has 19 heavy (non-hydrogen) atoms. The minimum absolute atomic E-state index is 0.161. The number of hydrogen-bond acceptors (Lipinski definition) is 1.